The Bertz CT molecular complexity index is 608. The summed E-state index contributed by atoms with van der Waals surface area (Å²) >= 11 is 9.89. The van der Waals surface area contributed by atoms with Crippen molar-refractivity contribution in [2.45, 2.75) is 50.4 Å². The van der Waals surface area contributed by atoms with E-state index < -0.39 is 0 Å². The molecule has 0 spiro atoms. The highest BCUT2D eigenvalue weighted by molar-refractivity contribution is 9.10. The Balaban J connectivity index is 2.28. The van der Waals surface area contributed by atoms with Gasteiger partial charge in [0.15, 0.2) is 0 Å². The second-order valence-electron chi connectivity index (χ2n) is 5.49. The zero-order chi connectivity index (χ0) is 13.6. The van der Waals surface area contributed by atoms with E-state index in [1.165, 1.54) is 24.8 Å². The van der Waals surface area contributed by atoms with Gasteiger partial charge in [-0.25, -0.2) is 4.98 Å². The summed E-state index contributed by atoms with van der Waals surface area (Å²) in [5.74, 6) is 1.01. The van der Waals surface area contributed by atoms with Crippen LogP contribution in [-0.4, -0.2) is 9.55 Å². The molecule has 2 aromatic rings. The third-order valence-corrected chi connectivity index (χ3v) is 5.10. The van der Waals surface area contributed by atoms with Crippen molar-refractivity contribution in [3.63, 3.8) is 0 Å². The van der Waals surface area contributed by atoms with Gasteiger partial charge in [-0.05, 0) is 50.8 Å². The molecule has 1 heterocycles. The Labute approximate surface area is 127 Å². The summed E-state index contributed by atoms with van der Waals surface area (Å²) in [6.45, 7) is 4.28. The van der Waals surface area contributed by atoms with Crippen molar-refractivity contribution in [3.8, 4) is 0 Å². The molecule has 2 nitrogen and oxygen atoms in total. The number of hydrogen-bond acceptors (Lipinski definition) is 1. The number of imidazole rings is 1. The van der Waals surface area contributed by atoms with Crippen LogP contribution in [0.2, 0.25) is 0 Å². The maximum absolute atomic E-state index is 6.37. The van der Waals surface area contributed by atoms with E-state index in [-0.39, 0.29) is 10.9 Å². The van der Waals surface area contributed by atoms with Gasteiger partial charge in [0, 0.05) is 10.0 Å². The van der Waals surface area contributed by atoms with E-state index in [1.807, 2.05) is 6.92 Å². The predicted molar refractivity (Wildman–Crippen MR) is 83.8 cm³/mol. The number of alkyl halides is 1. The van der Waals surface area contributed by atoms with Gasteiger partial charge >= 0.3 is 0 Å². The van der Waals surface area contributed by atoms with Gasteiger partial charge in [0.2, 0.25) is 0 Å². The monoisotopic (exact) mass is 340 g/mol. The van der Waals surface area contributed by atoms with Crippen LogP contribution in [0.15, 0.2) is 22.7 Å². The van der Waals surface area contributed by atoms with Gasteiger partial charge < -0.3 is 4.57 Å². The van der Waals surface area contributed by atoms with E-state index >= 15 is 0 Å². The van der Waals surface area contributed by atoms with Crippen molar-refractivity contribution in [1.29, 1.82) is 0 Å². The maximum atomic E-state index is 6.37. The van der Waals surface area contributed by atoms with Crippen molar-refractivity contribution in [2.75, 3.05) is 0 Å². The van der Waals surface area contributed by atoms with Gasteiger partial charge in [-0.2, -0.15) is 0 Å². The standard InChI is InChI=1S/C15H18BrClN2/c1-3-15(7-4-8-15)19-13-6-5-11(16)9-12(13)18-14(19)10(2)17/h5-6,9-10H,3-4,7-8H2,1-2H3. The molecule has 0 saturated heterocycles. The van der Waals surface area contributed by atoms with Gasteiger partial charge in [-0.15, -0.1) is 11.6 Å². The van der Waals surface area contributed by atoms with E-state index in [9.17, 15) is 0 Å². The van der Waals surface area contributed by atoms with Crippen molar-refractivity contribution in [2.24, 2.45) is 0 Å². The first-order valence-electron chi connectivity index (χ1n) is 6.90. The lowest BCUT2D eigenvalue weighted by atomic mass is 9.74. The molecule has 0 N–H and O–H groups in total. The number of rotatable bonds is 3. The summed E-state index contributed by atoms with van der Waals surface area (Å²) in [6.07, 6.45) is 4.93. The van der Waals surface area contributed by atoms with E-state index in [0.717, 1.165) is 22.2 Å². The van der Waals surface area contributed by atoms with Gasteiger partial charge in [0.1, 0.15) is 5.82 Å². The molecular formula is C15H18BrClN2. The van der Waals surface area contributed by atoms with Crippen molar-refractivity contribution < 1.29 is 0 Å². The molecule has 1 saturated carbocycles. The number of fused-ring (bicyclic) bond motifs is 1. The lowest BCUT2D eigenvalue weighted by Gasteiger charge is -2.44. The summed E-state index contributed by atoms with van der Waals surface area (Å²) < 4.78 is 3.48. The lowest BCUT2D eigenvalue weighted by molar-refractivity contribution is 0.137. The van der Waals surface area contributed by atoms with Crippen LogP contribution in [0.5, 0.6) is 0 Å². The maximum Gasteiger partial charge on any atom is 0.128 e. The first kappa shape index (κ1) is 13.4. The summed E-state index contributed by atoms with van der Waals surface area (Å²) in [5.41, 5.74) is 2.49. The molecular weight excluding hydrogens is 324 g/mol. The van der Waals surface area contributed by atoms with E-state index in [0.29, 0.717) is 0 Å². The quantitative estimate of drug-likeness (QED) is 0.685. The van der Waals surface area contributed by atoms with Gasteiger partial charge in [0.05, 0.1) is 16.4 Å². The van der Waals surface area contributed by atoms with Gasteiger partial charge in [-0.1, -0.05) is 22.9 Å². The van der Waals surface area contributed by atoms with Crippen LogP contribution >= 0.6 is 27.5 Å². The number of hydrogen-bond donors (Lipinski definition) is 0. The summed E-state index contributed by atoms with van der Waals surface area (Å²) in [6, 6.07) is 6.33. The molecule has 1 fully saturated rings. The molecule has 1 aliphatic rings. The molecule has 19 heavy (non-hydrogen) atoms. The Morgan fingerprint density at radius 1 is 1.47 bits per heavy atom. The number of halogens is 2. The van der Waals surface area contributed by atoms with Gasteiger partial charge in [0.25, 0.3) is 0 Å². The highest BCUT2D eigenvalue weighted by Crippen LogP contribution is 2.46. The summed E-state index contributed by atoms with van der Waals surface area (Å²) in [7, 11) is 0. The number of aromatic nitrogens is 2. The second-order valence-corrected chi connectivity index (χ2v) is 7.06. The van der Waals surface area contributed by atoms with Crippen molar-refractivity contribution >= 4 is 38.6 Å². The van der Waals surface area contributed by atoms with Crippen LogP contribution in [0.3, 0.4) is 0 Å². The third kappa shape index (κ3) is 2.02. The SMILES string of the molecule is CCC1(n2c(C(C)Cl)nc3cc(Br)ccc32)CCC1. The molecule has 1 aliphatic carbocycles. The first-order valence-corrected chi connectivity index (χ1v) is 8.13. The molecule has 1 atom stereocenters. The molecule has 0 radical (unpaired) electrons. The minimum atomic E-state index is -0.0600. The van der Waals surface area contributed by atoms with Crippen LogP contribution in [-0.2, 0) is 5.54 Å². The van der Waals surface area contributed by atoms with Crippen LogP contribution in [0.1, 0.15) is 50.7 Å². The Morgan fingerprint density at radius 2 is 2.21 bits per heavy atom. The van der Waals surface area contributed by atoms with Crippen LogP contribution in [0.4, 0.5) is 0 Å². The normalized spacial score (nSPS) is 19.4. The molecule has 3 rings (SSSR count). The molecule has 0 bridgehead atoms. The summed E-state index contributed by atoms with van der Waals surface area (Å²) in [4.78, 5) is 4.77. The van der Waals surface area contributed by atoms with E-state index in [2.05, 4.69) is 45.6 Å². The molecule has 1 unspecified atom stereocenters. The largest absolute Gasteiger partial charge is 0.321 e. The number of nitrogens with zero attached hydrogens (tertiary/aromatic N) is 2. The molecule has 0 amide bonds. The lowest BCUT2D eigenvalue weighted by Crippen LogP contribution is -2.41. The average Bonchev–Trinajstić information content (AvgIpc) is 2.68. The zero-order valence-electron chi connectivity index (χ0n) is 11.3. The highest BCUT2D eigenvalue weighted by atomic mass is 79.9. The molecule has 4 heteroatoms. The second kappa shape index (κ2) is 4.78. The Hall–Kier alpha value is -0.540. The third-order valence-electron chi connectivity index (χ3n) is 4.41. The van der Waals surface area contributed by atoms with E-state index in [4.69, 9.17) is 16.6 Å². The molecule has 102 valence electrons. The molecule has 1 aromatic carbocycles. The minimum absolute atomic E-state index is 0.0600. The average molecular weight is 342 g/mol. The number of benzene rings is 1. The van der Waals surface area contributed by atoms with Crippen LogP contribution in [0.25, 0.3) is 11.0 Å². The van der Waals surface area contributed by atoms with Crippen molar-refractivity contribution in [3.05, 3.63) is 28.5 Å². The summed E-state index contributed by atoms with van der Waals surface area (Å²) in [5, 5.41) is -0.0600. The van der Waals surface area contributed by atoms with E-state index in [1.54, 1.807) is 0 Å². The fourth-order valence-corrected chi connectivity index (χ4v) is 3.65. The van der Waals surface area contributed by atoms with Crippen molar-refractivity contribution in [1.82, 2.24) is 9.55 Å². The fourth-order valence-electron chi connectivity index (χ4n) is 3.16. The van der Waals surface area contributed by atoms with Crippen LogP contribution < -0.4 is 0 Å². The predicted octanol–water partition coefficient (Wildman–Crippen LogP) is 5.39. The van der Waals surface area contributed by atoms with Crippen LogP contribution in [0, 0.1) is 0 Å². The topological polar surface area (TPSA) is 17.8 Å². The van der Waals surface area contributed by atoms with Gasteiger partial charge in [-0.3, -0.25) is 0 Å². The molecule has 1 aromatic heterocycles. The zero-order valence-corrected chi connectivity index (χ0v) is 13.6. The Morgan fingerprint density at radius 3 is 2.74 bits per heavy atom. The Kier molecular flexibility index (Phi) is 3.38. The first-order chi connectivity index (χ1) is 9.07. The highest BCUT2D eigenvalue weighted by Gasteiger charge is 2.40. The smallest absolute Gasteiger partial charge is 0.128 e. The molecule has 0 aliphatic heterocycles. The fraction of sp³-hybridized carbons (Fsp3) is 0.533. The minimum Gasteiger partial charge on any atom is -0.321 e.